The van der Waals surface area contributed by atoms with Crippen molar-refractivity contribution in [3.8, 4) is 0 Å². The van der Waals surface area contributed by atoms with Crippen LogP contribution in [0.15, 0.2) is 18.2 Å². The minimum Gasteiger partial charge on any atom is -0.248 e. The van der Waals surface area contributed by atoms with Crippen LogP contribution in [-0.4, -0.2) is 15.0 Å². The molecule has 13 heavy (non-hydrogen) atoms. The Morgan fingerprint density at radius 3 is 3.00 bits per heavy atom. The van der Waals surface area contributed by atoms with E-state index in [1.54, 1.807) is 0 Å². The second-order valence-electron chi connectivity index (χ2n) is 3.25. The second kappa shape index (κ2) is 3.17. The van der Waals surface area contributed by atoms with Gasteiger partial charge in [-0.3, -0.25) is 0 Å². The zero-order valence-electron chi connectivity index (χ0n) is 7.99. The number of rotatable bonds is 2. The fourth-order valence-electron chi connectivity index (χ4n) is 1.59. The summed E-state index contributed by atoms with van der Waals surface area (Å²) < 4.78 is 1.81. The van der Waals surface area contributed by atoms with Gasteiger partial charge < -0.3 is 0 Å². The van der Waals surface area contributed by atoms with Crippen LogP contribution >= 0.6 is 0 Å². The number of hydrogen-bond donors (Lipinski definition) is 0. The molecule has 0 radical (unpaired) electrons. The average Bonchev–Trinajstić information content (AvgIpc) is 2.50. The van der Waals surface area contributed by atoms with Crippen molar-refractivity contribution in [3.05, 3.63) is 23.8 Å². The fraction of sp³-hybridized carbons (Fsp3) is 0.400. The van der Waals surface area contributed by atoms with Crippen LogP contribution in [0.25, 0.3) is 11.0 Å². The molecular weight excluding hydrogens is 162 g/mol. The van der Waals surface area contributed by atoms with Gasteiger partial charge in [0.2, 0.25) is 0 Å². The smallest absolute Gasteiger partial charge is 0.116 e. The number of fused-ring (bicyclic) bond motifs is 1. The Morgan fingerprint density at radius 1 is 1.38 bits per heavy atom. The summed E-state index contributed by atoms with van der Waals surface area (Å²) in [6, 6.07) is 6.24. The first-order chi connectivity index (χ1) is 6.33. The van der Waals surface area contributed by atoms with Crippen LogP contribution in [0.4, 0.5) is 0 Å². The summed E-state index contributed by atoms with van der Waals surface area (Å²) in [4.78, 5) is 0. The highest BCUT2D eigenvalue weighted by molar-refractivity contribution is 5.77. The highest BCUT2D eigenvalue weighted by atomic mass is 15.4. The van der Waals surface area contributed by atoms with Crippen LogP contribution in [0.2, 0.25) is 0 Å². The number of nitrogens with zero attached hydrogens (tertiary/aromatic N) is 3. The van der Waals surface area contributed by atoms with Crippen molar-refractivity contribution in [2.45, 2.75) is 19.8 Å². The van der Waals surface area contributed by atoms with Crippen LogP contribution in [-0.2, 0) is 13.5 Å². The van der Waals surface area contributed by atoms with Crippen molar-refractivity contribution in [2.24, 2.45) is 7.05 Å². The monoisotopic (exact) mass is 175 g/mol. The summed E-state index contributed by atoms with van der Waals surface area (Å²) >= 11 is 0. The van der Waals surface area contributed by atoms with Crippen LogP contribution in [0, 0.1) is 0 Å². The van der Waals surface area contributed by atoms with Crippen molar-refractivity contribution in [2.75, 3.05) is 0 Å². The van der Waals surface area contributed by atoms with Gasteiger partial charge in [-0.25, -0.2) is 4.68 Å². The molecule has 0 unspecified atom stereocenters. The maximum Gasteiger partial charge on any atom is 0.116 e. The molecule has 0 aliphatic rings. The molecule has 0 fully saturated rings. The first-order valence-electron chi connectivity index (χ1n) is 4.60. The van der Waals surface area contributed by atoms with Crippen molar-refractivity contribution in [1.82, 2.24) is 15.0 Å². The molecule has 1 aromatic heterocycles. The zero-order valence-corrected chi connectivity index (χ0v) is 7.99. The third-order valence-electron chi connectivity index (χ3n) is 2.25. The maximum absolute atomic E-state index is 4.15. The van der Waals surface area contributed by atoms with Gasteiger partial charge in [-0.15, -0.1) is 5.10 Å². The molecule has 0 aliphatic carbocycles. The third-order valence-corrected chi connectivity index (χ3v) is 2.25. The molecular formula is C10H13N3. The SMILES string of the molecule is CCCc1cccc2c1nnn2C. The number of benzene rings is 1. The van der Waals surface area contributed by atoms with Gasteiger partial charge in [-0.1, -0.05) is 30.7 Å². The standard InChI is InChI=1S/C10H13N3/c1-3-5-8-6-4-7-9-10(8)11-12-13(9)2/h4,6-7H,3,5H2,1-2H3. The molecule has 1 heterocycles. The van der Waals surface area contributed by atoms with Crippen LogP contribution in [0.5, 0.6) is 0 Å². The summed E-state index contributed by atoms with van der Waals surface area (Å²) in [6.07, 6.45) is 2.23. The van der Waals surface area contributed by atoms with Crippen molar-refractivity contribution >= 4 is 11.0 Å². The Morgan fingerprint density at radius 2 is 2.23 bits per heavy atom. The fourth-order valence-corrected chi connectivity index (χ4v) is 1.59. The van der Waals surface area contributed by atoms with Crippen LogP contribution < -0.4 is 0 Å². The van der Waals surface area contributed by atoms with Gasteiger partial charge in [0, 0.05) is 7.05 Å². The predicted octanol–water partition coefficient (Wildman–Crippen LogP) is 1.92. The normalized spacial score (nSPS) is 10.9. The molecule has 0 spiro atoms. The van der Waals surface area contributed by atoms with Crippen LogP contribution in [0.3, 0.4) is 0 Å². The molecule has 2 aromatic rings. The van der Waals surface area contributed by atoms with E-state index < -0.39 is 0 Å². The van der Waals surface area contributed by atoms with Crippen molar-refractivity contribution < 1.29 is 0 Å². The summed E-state index contributed by atoms with van der Waals surface area (Å²) in [5.41, 5.74) is 3.46. The lowest BCUT2D eigenvalue weighted by atomic mass is 10.1. The second-order valence-corrected chi connectivity index (χ2v) is 3.25. The van der Waals surface area contributed by atoms with Crippen LogP contribution in [0.1, 0.15) is 18.9 Å². The molecule has 0 amide bonds. The molecule has 2 rings (SSSR count). The molecule has 3 nitrogen and oxygen atoms in total. The summed E-state index contributed by atoms with van der Waals surface area (Å²) in [5, 5.41) is 8.16. The van der Waals surface area contributed by atoms with E-state index >= 15 is 0 Å². The maximum atomic E-state index is 4.15. The van der Waals surface area contributed by atoms with E-state index in [-0.39, 0.29) is 0 Å². The number of hydrogen-bond acceptors (Lipinski definition) is 2. The van der Waals surface area contributed by atoms with Gasteiger partial charge in [0.1, 0.15) is 5.52 Å². The number of aromatic nitrogens is 3. The van der Waals surface area contributed by atoms with E-state index in [9.17, 15) is 0 Å². The molecule has 0 aliphatic heterocycles. The van der Waals surface area contributed by atoms with E-state index in [1.807, 2.05) is 11.7 Å². The highest BCUT2D eigenvalue weighted by Crippen LogP contribution is 2.16. The minimum atomic E-state index is 1.05. The lowest BCUT2D eigenvalue weighted by molar-refractivity contribution is 0.736. The van der Waals surface area contributed by atoms with Gasteiger partial charge in [0.15, 0.2) is 0 Å². The van der Waals surface area contributed by atoms with E-state index in [2.05, 4.69) is 35.4 Å². The molecule has 0 atom stereocenters. The first kappa shape index (κ1) is 8.23. The third kappa shape index (κ3) is 1.30. The van der Waals surface area contributed by atoms with Gasteiger partial charge in [0.25, 0.3) is 0 Å². The summed E-state index contributed by atoms with van der Waals surface area (Å²) in [6.45, 7) is 2.18. The molecule has 0 saturated heterocycles. The molecule has 3 heteroatoms. The Hall–Kier alpha value is -1.38. The topological polar surface area (TPSA) is 30.7 Å². The molecule has 0 saturated carbocycles. The van der Waals surface area contributed by atoms with Gasteiger partial charge in [-0.05, 0) is 18.1 Å². The lowest BCUT2D eigenvalue weighted by Gasteiger charge is -1.98. The molecule has 0 bridgehead atoms. The van der Waals surface area contributed by atoms with Gasteiger partial charge in [-0.2, -0.15) is 0 Å². The summed E-state index contributed by atoms with van der Waals surface area (Å²) in [5.74, 6) is 0. The Kier molecular flexibility index (Phi) is 2.00. The quantitative estimate of drug-likeness (QED) is 0.698. The van der Waals surface area contributed by atoms with E-state index in [1.165, 1.54) is 5.56 Å². The minimum absolute atomic E-state index is 1.05. The molecule has 0 N–H and O–H groups in total. The first-order valence-corrected chi connectivity index (χ1v) is 4.60. The van der Waals surface area contributed by atoms with E-state index in [0.717, 1.165) is 23.9 Å². The number of aryl methyl sites for hydroxylation is 2. The Bertz CT molecular complexity index is 417. The highest BCUT2D eigenvalue weighted by Gasteiger charge is 2.04. The Balaban J connectivity index is 2.63. The van der Waals surface area contributed by atoms with Gasteiger partial charge in [0.05, 0.1) is 5.52 Å². The zero-order chi connectivity index (χ0) is 9.26. The molecule has 68 valence electrons. The summed E-state index contributed by atoms with van der Waals surface area (Å²) in [7, 11) is 1.92. The van der Waals surface area contributed by atoms with Crippen molar-refractivity contribution in [3.63, 3.8) is 0 Å². The average molecular weight is 175 g/mol. The van der Waals surface area contributed by atoms with Crippen molar-refractivity contribution in [1.29, 1.82) is 0 Å². The predicted molar refractivity (Wildman–Crippen MR) is 52.5 cm³/mol. The van der Waals surface area contributed by atoms with Gasteiger partial charge >= 0.3 is 0 Å². The Labute approximate surface area is 77.4 Å². The van der Waals surface area contributed by atoms with E-state index in [4.69, 9.17) is 0 Å². The molecule has 1 aromatic carbocycles. The van der Waals surface area contributed by atoms with E-state index in [0.29, 0.717) is 0 Å². The largest absolute Gasteiger partial charge is 0.248 e. The lowest BCUT2D eigenvalue weighted by Crippen LogP contribution is -1.89.